The highest BCUT2D eigenvalue weighted by Crippen LogP contribution is 2.21. The minimum Gasteiger partial charge on any atom is -0.381 e. The third-order valence-electron chi connectivity index (χ3n) is 1.46. The molecule has 0 fully saturated rings. The highest BCUT2D eigenvalue weighted by Gasteiger charge is 2.08. The highest BCUT2D eigenvalue weighted by atomic mass is 35.5. The summed E-state index contributed by atoms with van der Waals surface area (Å²) in [6.45, 7) is 2.02. The molecule has 0 saturated heterocycles. The number of aryl methyl sites for hydroxylation is 1. The topological polar surface area (TPSA) is 43.8 Å². The molecule has 4 heteroatoms. The van der Waals surface area contributed by atoms with Crippen molar-refractivity contribution in [1.82, 2.24) is 9.78 Å². The quantitative estimate of drug-likeness (QED) is 0.670. The van der Waals surface area contributed by atoms with Gasteiger partial charge in [-0.2, -0.15) is 5.10 Å². The average Bonchev–Trinajstić information content (AvgIpc) is 2.09. The normalized spacial score (nSPS) is 10.3. The minimum atomic E-state index is 0.418. The lowest BCUT2D eigenvalue weighted by molar-refractivity contribution is 0.721. The number of hydrogen-bond donors (Lipinski definition) is 1. The summed E-state index contributed by atoms with van der Waals surface area (Å²) in [7, 11) is 1.83. The van der Waals surface area contributed by atoms with E-state index in [2.05, 4.69) is 5.10 Å². The number of rotatable bonds is 1. The monoisotopic (exact) mass is 159 g/mol. The van der Waals surface area contributed by atoms with Gasteiger partial charge in [-0.15, -0.1) is 0 Å². The Morgan fingerprint density at radius 2 is 2.30 bits per heavy atom. The molecule has 10 heavy (non-hydrogen) atoms. The van der Waals surface area contributed by atoms with Gasteiger partial charge in [0.2, 0.25) is 0 Å². The number of halogens is 1. The molecular weight excluding hydrogens is 150 g/mol. The fourth-order valence-electron chi connectivity index (χ4n) is 0.940. The second-order valence-corrected chi connectivity index (χ2v) is 2.50. The predicted molar refractivity (Wildman–Crippen MR) is 42.0 cm³/mol. The van der Waals surface area contributed by atoms with Crippen LogP contribution in [0.5, 0.6) is 0 Å². The van der Waals surface area contributed by atoms with Gasteiger partial charge < -0.3 is 5.73 Å². The summed E-state index contributed by atoms with van der Waals surface area (Å²) >= 11 is 5.81. The molecule has 2 N–H and O–H groups in total. The van der Waals surface area contributed by atoms with Gasteiger partial charge in [-0.3, -0.25) is 4.68 Å². The van der Waals surface area contributed by atoms with E-state index in [4.69, 9.17) is 17.3 Å². The lowest BCUT2D eigenvalue weighted by atomic mass is 10.3. The summed E-state index contributed by atoms with van der Waals surface area (Å²) in [6.07, 6.45) is 0.861. The van der Waals surface area contributed by atoms with Crippen LogP contribution in [0.1, 0.15) is 12.6 Å². The lowest BCUT2D eigenvalue weighted by Gasteiger charge is -1.94. The van der Waals surface area contributed by atoms with Crippen molar-refractivity contribution in [2.45, 2.75) is 13.3 Å². The van der Waals surface area contributed by atoms with Crippen LogP contribution in [0.25, 0.3) is 0 Å². The molecule has 1 rings (SSSR count). The number of anilines is 1. The van der Waals surface area contributed by atoms with E-state index in [1.54, 1.807) is 4.68 Å². The van der Waals surface area contributed by atoms with Gasteiger partial charge >= 0.3 is 0 Å². The van der Waals surface area contributed by atoms with Gasteiger partial charge in [0.05, 0.1) is 5.69 Å². The van der Waals surface area contributed by atoms with E-state index < -0.39 is 0 Å². The SMILES string of the molecule is CCc1c(Cl)c(N)nn1C. The molecule has 0 saturated carbocycles. The zero-order chi connectivity index (χ0) is 7.72. The number of hydrogen-bond acceptors (Lipinski definition) is 2. The van der Waals surface area contributed by atoms with Crippen molar-refractivity contribution in [3.63, 3.8) is 0 Å². The van der Waals surface area contributed by atoms with Crippen LogP contribution < -0.4 is 5.73 Å². The van der Waals surface area contributed by atoms with Gasteiger partial charge in [0.15, 0.2) is 5.82 Å². The summed E-state index contributed by atoms with van der Waals surface area (Å²) in [5.74, 6) is 0.418. The molecule has 0 aliphatic heterocycles. The smallest absolute Gasteiger partial charge is 0.164 e. The minimum absolute atomic E-state index is 0.418. The molecule has 0 aromatic carbocycles. The van der Waals surface area contributed by atoms with Crippen molar-refractivity contribution in [2.24, 2.45) is 7.05 Å². The molecule has 1 aromatic rings. The summed E-state index contributed by atoms with van der Waals surface area (Å²) in [5.41, 5.74) is 6.44. The summed E-state index contributed by atoms with van der Waals surface area (Å²) in [6, 6.07) is 0. The van der Waals surface area contributed by atoms with Gasteiger partial charge in [-0.1, -0.05) is 18.5 Å². The van der Waals surface area contributed by atoms with Crippen LogP contribution in [-0.4, -0.2) is 9.78 Å². The van der Waals surface area contributed by atoms with Crippen LogP contribution in [0.15, 0.2) is 0 Å². The van der Waals surface area contributed by atoms with Crippen molar-refractivity contribution in [3.05, 3.63) is 10.7 Å². The van der Waals surface area contributed by atoms with E-state index in [0.717, 1.165) is 12.1 Å². The van der Waals surface area contributed by atoms with E-state index in [1.807, 2.05) is 14.0 Å². The molecule has 0 unspecified atom stereocenters. The third-order valence-corrected chi connectivity index (χ3v) is 1.87. The number of aromatic nitrogens is 2. The largest absolute Gasteiger partial charge is 0.381 e. The van der Waals surface area contributed by atoms with Crippen LogP contribution in [0, 0.1) is 0 Å². The molecule has 0 bridgehead atoms. The van der Waals surface area contributed by atoms with E-state index in [0.29, 0.717) is 10.8 Å². The van der Waals surface area contributed by atoms with Gasteiger partial charge in [0, 0.05) is 7.05 Å². The molecule has 1 heterocycles. The molecule has 0 atom stereocenters. The van der Waals surface area contributed by atoms with Gasteiger partial charge in [0.25, 0.3) is 0 Å². The number of nitrogens with two attached hydrogens (primary N) is 1. The van der Waals surface area contributed by atoms with Crippen molar-refractivity contribution < 1.29 is 0 Å². The summed E-state index contributed by atoms with van der Waals surface area (Å²) in [5, 5.41) is 4.53. The van der Waals surface area contributed by atoms with Gasteiger partial charge in [-0.25, -0.2) is 0 Å². The Morgan fingerprint density at radius 3 is 2.50 bits per heavy atom. The van der Waals surface area contributed by atoms with Crippen molar-refractivity contribution >= 4 is 17.4 Å². The van der Waals surface area contributed by atoms with Crippen molar-refractivity contribution in [1.29, 1.82) is 0 Å². The fraction of sp³-hybridized carbons (Fsp3) is 0.500. The zero-order valence-electron chi connectivity index (χ0n) is 6.06. The Morgan fingerprint density at radius 1 is 1.70 bits per heavy atom. The van der Waals surface area contributed by atoms with Crippen molar-refractivity contribution in [3.8, 4) is 0 Å². The second kappa shape index (κ2) is 2.50. The first-order chi connectivity index (χ1) is 4.66. The second-order valence-electron chi connectivity index (χ2n) is 2.12. The standard InChI is InChI=1S/C6H10ClN3/c1-3-4-5(7)6(8)9-10(4)2/h3H2,1-2H3,(H2,8,9). The Balaban J connectivity index is 3.20. The molecule has 0 aliphatic carbocycles. The van der Waals surface area contributed by atoms with Crippen LogP contribution >= 0.6 is 11.6 Å². The maximum atomic E-state index is 5.81. The first-order valence-corrected chi connectivity index (χ1v) is 3.51. The molecule has 3 nitrogen and oxygen atoms in total. The molecule has 0 radical (unpaired) electrons. The lowest BCUT2D eigenvalue weighted by Crippen LogP contribution is -1.96. The van der Waals surface area contributed by atoms with Crippen LogP contribution in [0.3, 0.4) is 0 Å². The van der Waals surface area contributed by atoms with Crippen molar-refractivity contribution in [2.75, 3.05) is 5.73 Å². The Kier molecular flexibility index (Phi) is 1.85. The zero-order valence-corrected chi connectivity index (χ0v) is 6.81. The molecule has 0 spiro atoms. The number of nitrogens with zero attached hydrogens (tertiary/aromatic N) is 2. The third kappa shape index (κ3) is 0.968. The molecule has 1 aromatic heterocycles. The van der Waals surface area contributed by atoms with E-state index >= 15 is 0 Å². The maximum absolute atomic E-state index is 5.81. The Bertz CT molecular complexity index is 241. The summed E-state index contributed by atoms with van der Waals surface area (Å²) < 4.78 is 1.71. The number of nitrogen functional groups attached to an aromatic ring is 1. The molecule has 56 valence electrons. The van der Waals surface area contributed by atoms with Crippen LogP contribution in [0.2, 0.25) is 5.02 Å². The predicted octanol–water partition coefficient (Wildman–Crippen LogP) is 1.22. The summed E-state index contributed by atoms with van der Waals surface area (Å²) in [4.78, 5) is 0. The molecule has 0 aliphatic rings. The first kappa shape index (κ1) is 7.41. The van der Waals surface area contributed by atoms with E-state index in [1.165, 1.54) is 0 Å². The van der Waals surface area contributed by atoms with Gasteiger partial charge in [0.1, 0.15) is 5.02 Å². The Hall–Kier alpha value is -0.700. The Labute approximate surface area is 64.8 Å². The molecule has 0 amide bonds. The van der Waals surface area contributed by atoms with E-state index in [-0.39, 0.29) is 0 Å². The van der Waals surface area contributed by atoms with E-state index in [9.17, 15) is 0 Å². The van der Waals surface area contributed by atoms with Gasteiger partial charge in [-0.05, 0) is 6.42 Å². The average molecular weight is 160 g/mol. The van der Waals surface area contributed by atoms with Crippen LogP contribution in [-0.2, 0) is 13.5 Å². The highest BCUT2D eigenvalue weighted by molar-refractivity contribution is 6.33. The maximum Gasteiger partial charge on any atom is 0.164 e. The first-order valence-electron chi connectivity index (χ1n) is 3.13. The van der Waals surface area contributed by atoms with Crippen LogP contribution in [0.4, 0.5) is 5.82 Å². The molecular formula is C6H10ClN3. The fourth-order valence-corrected chi connectivity index (χ4v) is 1.23.